The van der Waals surface area contributed by atoms with Gasteiger partial charge in [0.25, 0.3) is 0 Å². The van der Waals surface area contributed by atoms with Crippen molar-refractivity contribution >= 4 is 12.0 Å². The summed E-state index contributed by atoms with van der Waals surface area (Å²) in [4.78, 5) is 24.5. The molecule has 0 unspecified atom stereocenters. The molecule has 1 N–H and O–H groups in total. The number of hydrogen-bond donors (Lipinski definition) is 1. The predicted octanol–water partition coefficient (Wildman–Crippen LogP) is 1.69. The fraction of sp³-hybridized carbons (Fsp3) is 0.353. The molecule has 6 nitrogen and oxygen atoms in total. The molecule has 1 fully saturated rings. The van der Waals surface area contributed by atoms with Gasteiger partial charge >= 0.3 is 6.03 Å². The first kappa shape index (κ1) is 16.2. The number of halogens is 1. The molecule has 1 saturated heterocycles. The topological polar surface area (TPSA) is 61.4 Å². The molecule has 2 heterocycles. The van der Waals surface area contributed by atoms with Gasteiger partial charge in [-0.3, -0.25) is 0 Å². The number of benzene rings is 1. The van der Waals surface area contributed by atoms with E-state index in [9.17, 15) is 9.18 Å². The Bertz CT molecular complexity index is 656. The second kappa shape index (κ2) is 7.72. The van der Waals surface area contributed by atoms with Crippen molar-refractivity contribution < 1.29 is 9.18 Å². The normalized spacial score (nSPS) is 14.5. The summed E-state index contributed by atoms with van der Waals surface area (Å²) in [5.74, 6) is 0.455. The number of nitrogens with zero attached hydrogens (tertiary/aromatic N) is 4. The lowest BCUT2D eigenvalue weighted by molar-refractivity contribution is 0.194. The summed E-state index contributed by atoms with van der Waals surface area (Å²) in [6.07, 6.45) is 4.12. The Morgan fingerprint density at radius 1 is 1.08 bits per heavy atom. The SMILES string of the molecule is O=C(NCCc1ccc(F)cc1)N1CCN(c2ncccn2)CC1. The van der Waals surface area contributed by atoms with Crippen LogP contribution >= 0.6 is 0 Å². The van der Waals surface area contributed by atoms with Gasteiger partial charge in [-0.25, -0.2) is 19.2 Å². The summed E-state index contributed by atoms with van der Waals surface area (Å²) in [6.45, 7) is 3.25. The maximum absolute atomic E-state index is 12.8. The van der Waals surface area contributed by atoms with Crippen LogP contribution in [0.4, 0.5) is 15.1 Å². The minimum Gasteiger partial charge on any atom is -0.338 e. The number of rotatable bonds is 4. The van der Waals surface area contributed by atoms with E-state index in [0.717, 1.165) is 18.7 Å². The smallest absolute Gasteiger partial charge is 0.317 e. The number of urea groups is 1. The Kier molecular flexibility index (Phi) is 5.20. The third-order valence-electron chi connectivity index (χ3n) is 4.01. The summed E-state index contributed by atoms with van der Waals surface area (Å²) in [5.41, 5.74) is 1.00. The molecule has 0 aliphatic carbocycles. The number of carbonyl (C=O) groups excluding carboxylic acids is 1. The highest BCUT2D eigenvalue weighted by Gasteiger charge is 2.21. The van der Waals surface area contributed by atoms with E-state index >= 15 is 0 Å². The third kappa shape index (κ3) is 4.18. The first-order valence-electron chi connectivity index (χ1n) is 8.01. The third-order valence-corrected chi connectivity index (χ3v) is 4.01. The Hall–Kier alpha value is -2.70. The Balaban J connectivity index is 1.41. The van der Waals surface area contributed by atoms with Crippen LogP contribution < -0.4 is 10.2 Å². The van der Waals surface area contributed by atoms with Crippen LogP contribution in [-0.4, -0.2) is 53.6 Å². The average molecular weight is 329 g/mol. The molecule has 2 aromatic rings. The molecular formula is C17H20FN5O. The monoisotopic (exact) mass is 329 g/mol. The fourth-order valence-corrected chi connectivity index (χ4v) is 2.64. The van der Waals surface area contributed by atoms with Gasteiger partial charge in [0.1, 0.15) is 5.82 Å². The number of carbonyl (C=O) groups is 1. The lowest BCUT2D eigenvalue weighted by Crippen LogP contribution is -2.52. The van der Waals surface area contributed by atoms with Gasteiger partial charge < -0.3 is 15.1 Å². The lowest BCUT2D eigenvalue weighted by atomic mass is 10.1. The summed E-state index contributed by atoms with van der Waals surface area (Å²) in [5, 5.41) is 2.91. The predicted molar refractivity (Wildman–Crippen MR) is 89.3 cm³/mol. The van der Waals surface area contributed by atoms with Crippen LogP contribution in [0.2, 0.25) is 0 Å². The van der Waals surface area contributed by atoms with Crippen LogP contribution in [0.1, 0.15) is 5.56 Å². The molecule has 0 bridgehead atoms. The standard InChI is InChI=1S/C17H20FN5O/c18-15-4-2-14(3-5-15)6-9-21-17(24)23-12-10-22(11-13-23)16-19-7-1-8-20-16/h1-5,7-8H,6,9-13H2,(H,21,24). The molecule has 1 aliphatic heterocycles. The fourth-order valence-electron chi connectivity index (χ4n) is 2.64. The number of hydrogen-bond acceptors (Lipinski definition) is 4. The van der Waals surface area contributed by atoms with E-state index in [-0.39, 0.29) is 11.8 Å². The molecular weight excluding hydrogens is 309 g/mol. The summed E-state index contributed by atoms with van der Waals surface area (Å²) >= 11 is 0. The maximum atomic E-state index is 12.8. The molecule has 1 aromatic heterocycles. The van der Waals surface area contributed by atoms with E-state index < -0.39 is 0 Å². The molecule has 7 heteroatoms. The number of amides is 2. The molecule has 1 aromatic carbocycles. The second-order valence-electron chi connectivity index (χ2n) is 5.63. The summed E-state index contributed by atoms with van der Waals surface area (Å²) in [6, 6.07) is 8.06. The van der Waals surface area contributed by atoms with Gasteiger partial charge in [-0.15, -0.1) is 0 Å². The molecule has 24 heavy (non-hydrogen) atoms. The Labute approximate surface area is 140 Å². The highest BCUT2D eigenvalue weighted by molar-refractivity contribution is 5.74. The number of nitrogens with one attached hydrogen (secondary N) is 1. The van der Waals surface area contributed by atoms with Crippen molar-refractivity contribution in [3.05, 3.63) is 54.1 Å². The van der Waals surface area contributed by atoms with E-state index in [0.29, 0.717) is 32.0 Å². The van der Waals surface area contributed by atoms with E-state index in [2.05, 4.69) is 20.2 Å². The van der Waals surface area contributed by atoms with Crippen LogP contribution in [0, 0.1) is 5.82 Å². The van der Waals surface area contributed by atoms with Gasteiger partial charge in [0.2, 0.25) is 5.95 Å². The second-order valence-corrected chi connectivity index (χ2v) is 5.63. The molecule has 0 atom stereocenters. The molecule has 126 valence electrons. The molecule has 3 rings (SSSR count). The van der Waals surface area contributed by atoms with E-state index in [4.69, 9.17) is 0 Å². The van der Waals surface area contributed by atoms with Crippen molar-refractivity contribution in [1.29, 1.82) is 0 Å². The highest BCUT2D eigenvalue weighted by Crippen LogP contribution is 2.09. The zero-order valence-electron chi connectivity index (χ0n) is 13.4. The molecule has 0 spiro atoms. The van der Waals surface area contributed by atoms with Crippen molar-refractivity contribution in [2.24, 2.45) is 0 Å². The van der Waals surface area contributed by atoms with Crippen LogP contribution in [0.5, 0.6) is 0 Å². The quantitative estimate of drug-likeness (QED) is 0.927. The van der Waals surface area contributed by atoms with Crippen molar-refractivity contribution in [3.63, 3.8) is 0 Å². The number of piperazine rings is 1. The van der Waals surface area contributed by atoms with Crippen LogP contribution in [0.3, 0.4) is 0 Å². The van der Waals surface area contributed by atoms with Crippen molar-refractivity contribution in [2.75, 3.05) is 37.6 Å². The number of anilines is 1. The summed E-state index contributed by atoms with van der Waals surface area (Å²) in [7, 11) is 0. The molecule has 0 saturated carbocycles. The van der Waals surface area contributed by atoms with E-state index in [1.165, 1.54) is 12.1 Å². The van der Waals surface area contributed by atoms with Crippen molar-refractivity contribution in [3.8, 4) is 0 Å². The van der Waals surface area contributed by atoms with E-state index in [1.807, 2.05) is 0 Å². The van der Waals surface area contributed by atoms with Gasteiger partial charge in [0.15, 0.2) is 0 Å². The zero-order chi connectivity index (χ0) is 16.8. The highest BCUT2D eigenvalue weighted by atomic mass is 19.1. The Morgan fingerprint density at radius 2 is 1.75 bits per heavy atom. The van der Waals surface area contributed by atoms with Crippen molar-refractivity contribution in [2.45, 2.75) is 6.42 Å². The Morgan fingerprint density at radius 3 is 2.42 bits per heavy atom. The van der Waals surface area contributed by atoms with Crippen LogP contribution in [0.15, 0.2) is 42.7 Å². The zero-order valence-corrected chi connectivity index (χ0v) is 13.4. The first-order chi connectivity index (χ1) is 11.7. The molecule has 0 radical (unpaired) electrons. The average Bonchev–Trinajstić information content (AvgIpc) is 2.64. The van der Waals surface area contributed by atoms with Gasteiger partial charge in [0, 0.05) is 45.1 Å². The number of aromatic nitrogens is 2. The minimum atomic E-state index is -0.247. The van der Waals surface area contributed by atoms with Gasteiger partial charge in [-0.1, -0.05) is 12.1 Å². The maximum Gasteiger partial charge on any atom is 0.317 e. The molecule has 1 aliphatic rings. The molecule has 2 amide bonds. The lowest BCUT2D eigenvalue weighted by Gasteiger charge is -2.34. The first-order valence-corrected chi connectivity index (χ1v) is 8.01. The summed E-state index contributed by atoms with van der Waals surface area (Å²) < 4.78 is 12.8. The largest absolute Gasteiger partial charge is 0.338 e. The van der Waals surface area contributed by atoms with Gasteiger partial charge in [-0.05, 0) is 30.2 Å². The van der Waals surface area contributed by atoms with Gasteiger partial charge in [-0.2, -0.15) is 0 Å². The van der Waals surface area contributed by atoms with Crippen LogP contribution in [-0.2, 0) is 6.42 Å². The van der Waals surface area contributed by atoms with Gasteiger partial charge in [0.05, 0.1) is 0 Å². The van der Waals surface area contributed by atoms with E-state index in [1.54, 1.807) is 35.5 Å². The minimum absolute atomic E-state index is 0.0641. The van der Waals surface area contributed by atoms with Crippen molar-refractivity contribution in [1.82, 2.24) is 20.2 Å². The van der Waals surface area contributed by atoms with Crippen LogP contribution in [0.25, 0.3) is 0 Å².